The van der Waals surface area contributed by atoms with E-state index in [0.717, 1.165) is 22.7 Å². The Morgan fingerprint density at radius 1 is 0.243 bits per heavy atom. The standard InChI is InChI=1S/C66H50N2Si2/c1-69(2)61-35-33-58-57(65(61)59-31-29-55(41-63(59)69)67(51-25-21-43-13-5-9-17-47(43)37-51)52-26-22-44-14-6-10-18-48(44)38-52)34-36-62-66(58)60-32-30-56(42-64(60)70(62,3)4)68(53-27-23-45-15-7-11-19-49(45)39-53)54-28-24-46-16-8-12-20-50(46)40-54/h5-42H,1-4H3. The van der Waals surface area contributed by atoms with Crippen molar-refractivity contribution in [2.45, 2.75) is 26.2 Å². The van der Waals surface area contributed by atoms with Crippen molar-refractivity contribution in [2.24, 2.45) is 0 Å². The third-order valence-electron chi connectivity index (χ3n) is 15.9. The van der Waals surface area contributed by atoms with Gasteiger partial charge in [-0.1, -0.05) is 184 Å². The van der Waals surface area contributed by atoms with Gasteiger partial charge in [0, 0.05) is 34.1 Å². The molecule has 12 aromatic carbocycles. The maximum atomic E-state index is 2.56. The number of anilines is 6. The molecule has 2 nitrogen and oxygen atoms in total. The molecule has 14 rings (SSSR count). The van der Waals surface area contributed by atoms with Crippen molar-refractivity contribution in [2.75, 3.05) is 9.80 Å². The van der Waals surface area contributed by atoms with Crippen LogP contribution in [0.3, 0.4) is 0 Å². The van der Waals surface area contributed by atoms with Gasteiger partial charge in [-0.15, -0.1) is 0 Å². The number of hydrogen-bond donors (Lipinski definition) is 0. The molecule has 12 aromatic rings. The second kappa shape index (κ2) is 15.2. The van der Waals surface area contributed by atoms with E-state index in [9.17, 15) is 0 Å². The van der Waals surface area contributed by atoms with Crippen molar-refractivity contribution in [3.05, 3.63) is 231 Å². The van der Waals surface area contributed by atoms with E-state index < -0.39 is 16.1 Å². The Morgan fingerprint density at radius 2 is 0.514 bits per heavy atom. The van der Waals surface area contributed by atoms with Gasteiger partial charge in [-0.05, 0) is 170 Å². The number of hydrogen-bond acceptors (Lipinski definition) is 2. The first-order chi connectivity index (χ1) is 34.2. The summed E-state index contributed by atoms with van der Waals surface area (Å²) in [6.45, 7) is 10.2. The van der Waals surface area contributed by atoms with Crippen LogP contribution in [-0.4, -0.2) is 16.1 Å². The summed E-state index contributed by atoms with van der Waals surface area (Å²) < 4.78 is 0. The second-order valence-electron chi connectivity index (χ2n) is 20.6. The summed E-state index contributed by atoms with van der Waals surface area (Å²) >= 11 is 0. The Labute approximate surface area is 411 Å². The van der Waals surface area contributed by atoms with Gasteiger partial charge in [0.2, 0.25) is 0 Å². The molecule has 0 fully saturated rings. The van der Waals surface area contributed by atoms with E-state index in [1.165, 1.54) is 108 Å². The largest absolute Gasteiger partial charge is 0.310 e. The predicted molar refractivity (Wildman–Crippen MR) is 308 cm³/mol. The molecule has 70 heavy (non-hydrogen) atoms. The van der Waals surface area contributed by atoms with Crippen LogP contribution in [0, 0.1) is 0 Å². The van der Waals surface area contributed by atoms with Crippen LogP contribution in [0.15, 0.2) is 231 Å². The molecule has 2 heterocycles. The van der Waals surface area contributed by atoms with Crippen molar-refractivity contribution < 1.29 is 0 Å². The Morgan fingerprint density at radius 3 is 0.829 bits per heavy atom. The molecule has 332 valence electrons. The van der Waals surface area contributed by atoms with Crippen molar-refractivity contribution in [1.29, 1.82) is 0 Å². The quantitative estimate of drug-likeness (QED) is 0.153. The monoisotopic (exact) mass is 926 g/mol. The molecule has 2 aliphatic rings. The number of nitrogens with zero attached hydrogens (tertiary/aromatic N) is 2. The molecule has 0 saturated heterocycles. The van der Waals surface area contributed by atoms with Gasteiger partial charge in [0.15, 0.2) is 0 Å². The molecule has 0 atom stereocenters. The van der Waals surface area contributed by atoms with Crippen LogP contribution in [-0.2, 0) is 0 Å². The van der Waals surface area contributed by atoms with E-state index in [1.807, 2.05) is 0 Å². The third-order valence-corrected chi connectivity index (χ3v) is 23.0. The summed E-state index contributed by atoms with van der Waals surface area (Å²) in [6.07, 6.45) is 0. The summed E-state index contributed by atoms with van der Waals surface area (Å²) in [5.41, 5.74) is 12.7. The Hall–Kier alpha value is -8.03. The molecule has 0 aliphatic carbocycles. The Balaban J connectivity index is 0.908. The highest BCUT2D eigenvalue weighted by atomic mass is 28.3. The fraction of sp³-hybridized carbons (Fsp3) is 0.0606. The lowest BCUT2D eigenvalue weighted by Crippen LogP contribution is -2.49. The van der Waals surface area contributed by atoms with Gasteiger partial charge >= 0.3 is 0 Å². The average Bonchev–Trinajstić information content (AvgIpc) is 3.77. The van der Waals surface area contributed by atoms with Gasteiger partial charge < -0.3 is 9.80 Å². The minimum absolute atomic E-state index is 1.16. The van der Waals surface area contributed by atoms with Crippen LogP contribution in [0.1, 0.15) is 0 Å². The maximum absolute atomic E-state index is 2.56. The molecule has 0 unspecified atom stereocenters. The van der Waals surface area contributed by atoms with Crippen molar-refractivity contribution in [1.82, 2.24) is 0 Å². The normalized spacial score (nSPS) is 13.9. The van der Waals surface area contributed by atoms with E-state index >= 15 is 0 Å². The minimum Gasteiger partial charge on any atom is -0.310 e. The highest BCUT2D eigenvalue weighted by Gasteiger charge is 2.42. The zero-order valence-electron chi connectivity index (χ0n) is 39.8. The van der Waals surface area contributed by atoms with Crippen molar-refractivity contribution in [3.63, 3.8) is 0 Å². The van der Waals surface area contributed by atoms with Crippen LogP contribution in [0.25, 0.3) is 76.1 Å². The van der Waals surface area contributed by atoms with E-state index in [2.05, 4.69) is 267 Å². The molecule has 0 aromatic heterocycles. The molecule has 0 N–H and O–H groups in total. The molecule has 0 bridgehead atoms. The van der Waals surface area contributed by atoms with Crippen LogP contribution >= 0.6 is 0 Å². The first-order valence-electron chi connectivity index (χ1n) is 24.7. The topological polar surface area (TPSA) is 6.48 Å². The lowest BCUT2D eigenvalue weighted by molar-refractivity contribution is 1.30. The van der Waals surface area contributed by atoms with E-state index in [0.29, 0.717) is 0 Å². The van der Waals surface area contributed by atoms with Gasteiger partial charge in [0.25, 0.3) is 0 Å². The molecule has 2 aliphatic heterocycles. The summed E-state index contributed by atoms with van der Waals surface area (Å²) in [7, 11) is -4.27. The first kappa shape index (κ1) is 41.0. The molecular weight excluding hydrogens is 877 g/mol. The predicted octanol–water partition coefficient (Wildman–Crippen LogP) is 16.0. The van der Waals surface area contributed by atoms with Gasteiger partial charge in [-0.2, -0.15) is 0 Å². The van der Waals surface area contributed by atoms with Gasteiger partial charge in [0.05, 0.1) is 0 Å². The lowest BCUT2D eigenvalue weighted by Gasteiger charge is -2.28. The molecule has 0 amide bonds. The Kier molecular flexibility index (Phi) is 8.92. The second-order valence-corrected chi connectivity index (χ2v) is 29.2. The van der Waals surface area contributed by atoms with Gasteiger partial charge in [-0.25, -0.2) is 0 Å². The fourth-order valence-corrected chi connectivity index (χ4v) is 18.4. The molecule has 0 spiro atoms. The Bertz CT molecular complexity index is 3740. The van der Waals surface area contributed by atoms with Crippen molar-refractivity contribution in [3.8, 4) is 22.3 Å². The van der Waals surface area contributed by atoms with Crippen molar-refractivity contribution >= 4 is 125 Å². The summed E-state index contributed by atoms with van der Waals surface area (Å²) in [5.74, 6) is 0. The molecule has 4 heteroatoms. The zero-order chi connectivity index (χ0) is 46.9. The maximum Gasteiger partial charge on any atom is 0.113 e. The van der Waals surface area contributed by atoms with Gasteiger partial charge in [0.1, 0.15) is 16.1 Å². The van der Waals surface area contributed by atoms with Gasteiger partial charge in [-0.3, -0.25) is 0 Å². The highest BCUT2D eigenvalue weighted by molar-refractivity contribution is 7.05. The molecule has 0 radical (unpaired) electrons. The summed E-state index contributed by atoms with van der Waals surface area (Å²) in [4.78, 5) is 4.94. The number of benzene rings is 12. The third kappa shape index (κ3) is 6.16. The lowest BCUT2D eigenvalue weighted by atomic mass is 9.92. The van der Waals surface area contributed by atoms with Crippen LogP contribution in [0.4, 0.5) is 34.1 Å². The zero-order valence-corrected chi connectivity index (χ0v) is 41.8. The molecule has 0 saturated carbocycles. The first-order valence-corrected chi connectivity index (χ1v) is 30.7. The fourth-order valence-electron chi connectivity index (χ4n) is 12.3. The molecular formula is C66H50N2Si2. The smallest absolute Gasteiger partial charge is 0.113 e. The van der Waals surface area contributed by atoms with E-state index in [4.69, 9.17) is 0 Å². The summed E-state index contributed by atoms with van der Waals surface area (Å²) in [6, 6.07) is 87.0. The van der Waals surface area contributed by atoms with Crippen LogP contribution in [0.5, 0.6) is 0 Å². The average molecular weight is 927 g/mol. The SMILES string of the molecule is C[Si]1(C)c2cc(N(c3ccc4ccccc4c3)c3ccc4ccccc4c3)ccc2-c2c1ccc1c3c(ccc21)[Si](C)(C)c1cc(N(c2ccc4ccccc4c2)c2ccc4ccccc4c2)ccc1-3. The number of rotatable bonds is 6. The summed E-state index contributed by atoms with van der Waals surface area (Å²) in [5, 5.41) is 18.8. The number of fused-ring (bicyclic) bond motifs is 13. The van der Waals surface area contributed by atoms with E-state index in [-0.39, 0.29) is 0 Å². The minimum atomic E-state index is -2.13. The van der Waals surface area contributed by atoms with Crippen LogP contribution in [0.2, 0.25) is 26.2 Å². The van der Waals surface area contributed by atoms with Crippen LogP contribution < -0.4 is 30.5 Å². The highest BCUT2D eigenvalue weighted by Crippen LogP contribution is 2.45. The van der Waals surface area contributed by atoms with E-state index in [1.54, 1.807) is 0 Å².